The van der Waals surface area contributed by atoms with Crippen molar-refractivity contribution in [3.8, 4) is 0 Å². The van der Waals surface area contributed by atoms with Crippen molar-refractivity contribution in [2.75, 3.05) is 19.7 Å². The average molecular weight is 245 g/mol. The van der Waals surface area contributed by atoms with Crippen LogP contribution in [0.1, 0.15) is 11.1 Å². The van der Waals surface area contributed by atoms with Crippen molar-refractivity contribution in [1.82, 2.24) is 5.32 Å². The Balaban J connectivity index is 2.05. The van der Waals surface area contributed by atoms with Gasteiger partial charge in [0.1, 0.15) is 0 Å². The summed E-state index contributed by atoms with van der Waals surface area (Å²) < 4.78 is 43.0. The Hall–Kier alpha value is -1.07. The highest BCUT2D eigenvalue weighted by Gasteiger charge is 2.30. The van der Waals surface area contributed by atoms with E-state index in [2.05, 4.69) is 5.32 Å². The lowest BCUT2D eigenvalue weighted by Gasteiger charge is -2.23. The van der Waals surface area contributed by atoms with Crippen molar-refractivity contribution in [3.63, 3.8) is 0 Å². The van der Waals surface area contributed by atoms with Crippen LogP contribution in [0.4, 0.5) is 13.2 Å². The van der Waals surface area contributed by atoms with Gasteiger partial charge in [-0.1, -0.05) is 18.2 Å². The van der Waals surface area contributed by atoms with Gasteiger partial charge in [0.05, 0.1) is 18.3 Å². The first-order chi connectivity index (χ1) is 8.05. The summed E-state index contributed by atoms with van der Waals surface area (Å²) in [6.45, 7) is 2.11. The minimum atomic E-state index is -4.28. The molecule has 0 radical (unpaired) electrons. The Labute approximate surface area is 97.8 Å². The standard InChI is InChI=1S/C12H14F3NO/c13-12(14,15)10-3-1-2-9(6-10)7-11-8-16-4-5-17-11/h1-3,6,11,16H,4-5,7-8H2/t11-/m0/s1. The Morgan fingerprint density at radius 1 is 1.35 bits per heavy atom. The molecule has 0 saturated carbocycles. The third-order valence-corrected chi connectivity index (χ3v) is 2.72. The SMILES string of the molecule is FC(F)(F)c1cccc(C[C@H]2CNCCO2)c1. The maximum absolute atomic E-state index is 12.5. The molecular weight excluding hydrogens is 231 g/mol. The van der Waals surface area contributed by atoms with E-state index in [-0.39, 0.29) is 6.10 Å². The van der Waals surface area contributed by atoms with Gasteiger partial charge in [0.25, 0.3) is 0 Å². The number of hydrogen-bond acceptors (Lipinski definition) is 2. The zero-order valence-corrected chi connectivity index (χ0v) is 9.26. The molecule has 5 heteroatoms. The molecule has 1 heterocycles. The van der Waals surface area contributed by atoms with Gasteiger partial charge in [0.15, 0.2) is 0 Å². The third-order valence-electron chi connectivity index (χ3n) is 2.72. The first kappa shape index (κ1) is 12.4. The predicted molar refractivity (Wildman–Crippen MR) is 57.8 cm³/mol. The number of halogens is 3. The molecule has 94 valence electrons. The first-order valence-electron chi connectivity index (χ1n) is 5.54. The second-order valence-corrected chi connectivity index (χ2v) is 4.10. The number of morpholine rings is 1. The molecule has 1 aliphatic rings. The molecule has 0 unspecified atom stereocenters. The number of nitrogens with one attached hydrogen (secondary N) is 1. The minimum absolute atomic E-state index is 0.0350. The van der Waals surface area contributed by atoms with Crippen molar-refractivity contribution in [2.45, 2.75) is 18.7 Å². The van der Waals surface area contributed by atoms with Crippen LogP contribution in [0.15, 0.2) is 24.3 Å². The average Bonchev–Trinajstić information content (AvgIpc) is 2.29. The summed E-state index contributed by atoms with van der Waals surface area (Å²) in [5.74, 6) is 0. The van der Waals surface area contributed by atoms with Crippen molar-refractivity contribution in [2.24, 2.45) is 0 Å². The van der Waals surface area contributed by atoms with E-state index in [9.17, 15) is 13.2 Å². The van der Waals surface area contributed by atoms with E-state index in [0.717, 1.165) is 12.6 Å². The molecular formula is C12H14F3NO. The van der Waals surface area contributed by atoms with Crippen LogP contribution >= 0.6 is 0 Å². The van der Waals surface area contributed by atoms with Crippen LogP contribution in [0.5, 0.6) is 0 Å². The van der Waals surface area contributed by atoms with Crippen LogP contribution in [-0.4, -0.2) is 25.8 Å². The van der Waals surface area contributed by atoms with Crippen molar-refractivity contribution in [1.29, 1.82) is 0 Å². The zero-order valence-electron chi connectivity index (χ0n) is 9.26. The number of benzene rings is 1. The van der Waals surface area contributed by atoms with Crippen LogP contribution < -0.4 is 5.32 Å². The van der Waals surface area contributed by atoms with Gasteiger partial charge in [0.2, 0.25) is 0 Å². The van der Waals surface area contributed by atoms with E-state index in [1.807, 2.05) is 0 Å². The molecule has 1 atom stereocenters. The molecule has 0 aliphatic carbocycles. The van der Waals surface area contributed by atoms with Crippen molar-refractivity contribution < 1.29 is 17.9 Å². The summed E-state index contributed by atoms with van der Waals surface area (Å²) in [4.78, 5) is 0. The second kappa shape index (κ2) is 5.06. The molecule has 1 fully saturated rings. The first-order valence-corrected chi connectivity index (χ1v) is 5.54. The van der Waals surface area contributed by atoms with Crippen LogP contribution in [0.25, 0.3) is 0 Å². The van der Waals surface area contributed by atoms with Crippen LogP contribution in [0, 0.1) is 0 Å². The van der Waals surface area contributed by atoms with Crippen LogP contribution in [0.2, 0.25) is 0 Å². The van der Waals surface area contributed by atoms with Crippen molar-refractivity contribution in [3.05, 3.63) is 35.4 Å². The van der Waals surface area contributed by atoms with E-state index in [0.29, 0.717) is 25.1 Å². The van der Waals surface area contributed by atoms with Gasteiger partial charge in [-0.2, -0.15) is 13.2 Å². The smallest absolute Gasteiger partial charge is 0.375 e. The number of rotatable bonds is 2. The maximum atomic E-state index is 12.5. The fourth-order valence-electron chi connectivity index (χ4n) is 1.89. The molecule has 1 aromatic carbocycles. The van der Waals surface area contributed by atoms with E-state index < -0.39 is 11.7 Å². The zero-order chi connectivity index (χ0) is 12.3. The van der Waals surface area contributed by atoms with E-state index in [1.165, 1.54) is 12.1 Å². The molecule has 1 aromatic rings. The highest BCUT2D eigenvalue weighted by atomic mass is 19.4. The highest BCUT2D eigenvalue weighted by molar-refractivity contribution is 5.26. The Bertz CT molecular complexity index is 372. The lowest BCUT2D eigenvalue weighted by molar-refractivity contribution is -0.137. The number of alkyl halides is 3. The predicted octanol–water partition coefficient (Wildman–Crippen LogP) is 2.24. The molecule has 0 aromatic heterocycles. The van der Waals surface area contributed by atoms with Crippen molar-refractivity contribution >= 4 is 0 Å². The fraction of sp³-hybridized carbons (Fsp3) is 0.500. The summed E-state index contributed by atoms with van der Waals surface area (Å²) in [5.41, 5.74) is 0.0623. The van der Waals surface area contributed by atoms with Crippen LogP contribution in [0.3, 0.4) is 0 Å². The third kappa shape index (κ3) is 3.44. The molecule has 0 amide bonds. The van der Waals surface area contributed by atoms with Crippen LogP contribution in [-0.2, 0) is 17.3 Å². The lowest BCUT2D eigenvalue weighted by Crippen LogP contribution is -2.39. The topological polar surface area (TPSA) is 21.3 Å². The Kier molecular flexibility index (Phi) is 3.69. The summed E-state index contributed by atoms with van der Waals surface area (Å²) in [5, 5.41) is 3.15. The summed E-state index contributed by atoms with van der Waals surface area (Å²) in [7, 11) is 0. The van der Waals surface area contributed by atoms with Gasteiger partial charge in [-0.25, -0.2) is 0 Å². The molecule has 1 N–H and O–H groups in total. The second-order valence-electron chi connectivity index (χ2n) is 4.10. The summed E-state index contributed by atoms with van der Waals surface area (Å²) in [6, 6.07) is 5.42. The highest BCUT2D eigenvalue weighted by Crippen LogP contribution is 2.29. The summed E-state index contributed by atoms with van der Waals surface area (Å²) >= 11 is 0. The molecule has 2 rings (SSSR count). The molecule has 1 saturated heterocycles. The van der Waals surface area contributed by atoms with Gasteiger partial charge in [-0.15, -0.1) is 0 Å². The lowest BCUT2D eigenvalue weighted by atomic mass is 10.0. The van der Waals surface area contributed by atoms with Gasteiger partial charge >= 0.3 is 6.18 Å². The van der Waals surface area contributed by atoms with E-state index in [1.54, 1.807) is 6.07 Å². The minimum Gasteiger partial charge on any atom is -0.375 e. The molecule has 17 heavy (non-hydrogen) atoms. The Morgan fingerprint density at radius 3 is 2.82 bits per heavy atom. The monoisotopic (exact) mass is 245 g/mol. The van der Waals surface area contributed by atoms with Gasteiger partial charge in [-0.05, 0) is 18.1 Å². The number of ether oxygens (including phenoxy) is 1. The van der Waals surface area contributed by atoms with E-state index >= 15 is 0 Å². The molecule has 0 bridgehead atoms. The van der Waals surface area contributed by atoms with Gasteiger partial charge in [0, 0.05) is 13.1 Å². The number of hydrogen-bond donors (Lipinski definition) is 1. The maximum Gasteiger partial charge on any atom is 0.416 e. The van der Waals surface area contributed by atoms with Gasteiger partial charge in [-0.3, -0.25) is 0 Å². The molecule has 0 spiro atoms. The van der Waals surface area contributed by atoms with E-state index in [4.69, 9.17) is 4.74 Å². The quantitative estimate of drug-likeness (QED) is 0.862. The normalized spacial score (nSPS) is 21.5. The largest absolute Gasteiger partial charge is 0.416 e. The molecule has 2 nitrogen and oxygen atoms in total. The fourth-order valence-corrected chi connectivity index (χ4v) is 1.89. The molecule has 1 aliphatic heterocycles. The Morgan fingerprint density at radius 2 is 2.18 bits per heavy atom. The summed E-state index contributed by atoms with van der Waals surface area (Å²) in [6.07, 6.45) is -3.80. The van der Waals surface area contributed by atoms with Gasteiger partial charge < -0.3 is 10.1 Å².